The maximum atomic E-state index is 5.81. The zero-order valence-corrected chi connectivity index (χ0v) is 12.2. The lowest BCUT2D eigenvalue weighted by molar-refractivity contribution is 0.867. The van der Waals surface area contributed by atoms with Crippen molar-refractivity contribution in [2.45, 2.75) is 19.9 Å². The van der Waals surface area contributed by atoms with Gasteiger partial charge in [0, 0.05) is 5.39 Å². The van der Waals surface area contributed by atoms with Gasteiger partial charge in [0.1, 0.15) is 5.82 Å². The van der Waals surface area contributed by atoms with Gasteiger partial charge >= 0.3 is 0 Å². The van der Waals surface area contributed by atoms with Crippen LogP contribution >= 0.6 is 0 Å². The summed E-state index contributed by atoms with van der Waals surface area (Å²) in [6, 6.07) is 16.3. The molecular formula is C17H18N4. The summed E-state index contributed by atoms with van der Waals surface area (Å²) in [5.74, 6) is 1.06. The number of anilines is 2. The van der Waals surface area contributed by atoms with Crippen LogP contribution in [0.3, 0.4) is 0 Å². The smallest absolute Gasteiger partial charge is 0.222 e. The van der Waals surface area contributed by atoms with Gasteiger partial charge < -0.3 is 11.1 Å². The van der Waals surface area contributed by atoms with E-state index in [1.165, 1.54) is 11.1 Å². The summed E-state index contributed by atoms with van der Waals surface area (Å²) >= 11 is 0. The van der Waals surface area contributed by atoms with Crippen LogP contribution in [0, 0.1) is 6.92 Å². The lowest BCUT2D eigenvalue weighted by Crippen LogP contribution is -2.11. The lowest BCUT2D eigenvalue weighted by atomic mass is 10.0. The largest absolute Gasteiger partial charge is 0.368 e. The molecule has 0 radical (unpaired) electrons. The molecule has 1 aromatic heterocycles. The van der Waals surface area contributed by atoms with Crippen LogP contribution in [-0.2, 0) is 0 Å². The number of rotatable bonds is 3. The molecule has 0 bridgehead atoms. The number of hydrogen-bond acceptors (Lipinski definition) is 4. The number of nitrogen functional groups attached to an aromatic ring is 1. The van der Waals surface area contributed by atoms with Crippen molar-refractivity contribution in [1.29, 1.82) is 0 Å². The van der Waals surface area contributed by atoms with E-state index in [0.717, 1.165) is 16.7 Å². The zero-order valence-electron chi connectivity index (χ0n) is 12.2. The fraction of sp³-hybridized carbons (Fsp3) is 0.176. The molecule has 3 aromatic rings. The normalized spacial score (nSPS) is 12.3. The van der Waals surface area contributed by atoms with Crippen molar-refractivity contribution in [3.8, 4) is 0 Å². The van der Waals surface area contributed by atoms with Crippen molar-refractivity contribution >= 4 is 22.7 Å². The van der Waals surface area contributed by atoms with Crippen LogP contribution < -0.4 is 11.1 Å². The van der Waals surface area contributed by atoms with E-state index in [2.05, 4.69) is 41.3 Å². The highest BCUT2D eigenvalue weighted by Crippen LogP contribution is 2.26. The number of aromatic nitrogens is 2. The summed E-state index contributed by atoms with van der Waals surface area (Å²) in [6.45, 7) is 4.23. The van der Waals surface area contributed by atoms with Crippen LogP contribution in [0.2, 0.25) is 0 Å². The van der Waals surface area contributed by atoms with Gasteiger partial charge in [0.2, 0.25) is 5.95 Å². The molecule has 0 spiro atoms. The molecule has 2 aromatic carbocycles. The minimum absolute atomic E-state index is 0.143. The van der Waals surface area contributed by atoms with Crippen LogP contribution in [0.1, 0.15) is 24.1 Å². The minimum Gasteiger partial charge on any atom is -0.368 e. The molecule has 21 heavy (non-hydrogen) atoms. The molecule has 106 valence electrons. The van der Waals surface area contributed by atoms with E-state index >= 15 is 0 Å². The van der Waals surface area contributed by atoms with Gasteiger partial charge in [-0.15, -0.1) is 0 Å². The number of benzene rings is 2. The first-order chi connectivity index (χ1) is 10.1. The third-order valence-corrected chi connectivity index (χ3v) is 3.63. The molecule has 4 heteroatoms. The van der Waals surface area contributed by atoms with Gasteiger partial charge in [0.15, 0.2) is 0 Å². The average Bonchev–Trinajstić information content (AvgIpc) is 2.47. The number of hydrogen-bond donors (Lipinski definition) is 2. The summed E-state index contributed by atoms with van der Waals surface area (Å²) in [5, 5.41) is 4.43. The Kier molecular flexibility index (Phi) is 3.44. The lowest BCUT2D eigenvalue weighted by Gasteiger charge is -2.18. The molecule has 3 rings (SSSR count). The molecule has 0 aliphatic rings. The molecule has 0 saturated heterocycles. The zero-order chi connectivity index (χ0) is 14.8. The van der Waals surface area contributed by atoms with Crippen molar-refractivity contribution in [1.82, 2.24) is 9.97 Å². The maximum Gasteiger partial charge on any atom is 0.222 e. The van der Waals surface area contributed by atoms with Crippen LogP contribution in [0.15, 0.2) is 48.5 Å². The molecule has 0 saturated carbocycles. The highest BCUT2D eigenvalue weighted by atomic mass is 15.1. The van der Waals surface area contributed by atoms with Crippen molar-refractivity contribution in [3.05, 3.63) is 59.7 Å². The highest BCUT2D eigenvalue weighted by Gasteiger charge is 2.11. The molecule has 4 nitrogen and oxygen atoms in total. The summed E-state index contributed by atoms with van der Waals surface area (Å²) in [5.41, 5.74) is 9.16. The summed E-state index contributed by atoms with van der Waals surface area (Å²) in [7, 11) is 0. The second-order valence-corrected chi connectivity index (χ2v) is 5.17. The first-order valence-corrected chi connectivity index (χ1v) is 6.99. The van der Waals surface area contributed by atoms with E-state index in [-0.39, 0.29) is 12.0 Å². The van der Waals surface area contributed by atoms with Crippen LogP contribution in [0.5, 0.6) is 0 Å². The summed E-state index contributed by atoms with van der Waals surface area (Å²) in [4.78, 5) is 8.61. The minimum atomic E-state index is 0.143. The Morgan fingerprint density at radius 2 is 1.71 bits per heavy atom. The Balaban J connectivity index is 2.00. The van der Waals surface area contributed by atoms with Gasteiger partial charge in [-0.05, 0) is 37.1 Å². The Morgan fingerprint density at radius 3 is 2.52 bits per heavy atom. The Hall–Kier alpha value is -2.62. The number of aryl methyl sites for hydroxylation is 1. The molecule has 0 aliphatic carbocycles. The quantitative estimate of drug-likeness (QED) is 0.767. The summed E-state index contributed by atoms with van der Waals surface area (Å²) in [6.07, 6.45) is 0. The fourth-order valence-corrected chi connectivity index (χ4v) is 2.56. The molecule has 0 fully saturated rings. The Labute approximate surface area is 124 Å². The molecule has 0 aliphatic heterocycles. The van der Waals surface area contributed by atoms with Gasteiger partial charge in [-0.2, -0.15) is 4.98 Å². The fourth-order valence-electron chi connectivity index (χ4n) is 2.56. The number of nitrogens with zero attached hydrogens (tertiary/aromatic N) is 2. The number of para-hydroxylation sites is 1. The van der Waals surface area contributed by atoms with Crippen molar-refractivity contribution in [3.63, 3.8) is 0 Å². The highest BCUT2D eigenvalue weighted by molar-refractivity contribution is 5.90. The Morgan fingerprint density at radius 1 is 1.00 bits per heavy atom. The molecule has 1 atom stereocenters. The van der Waals surface area contributed by atoms with E-state index in [1.54, 1.807) is 0 Å². The van der Waals surface area contributed by atoms with Crippen LogP contribution in [0.25, 0.3) is 10.9 Å². The van der Waals surface area contributed by atoms with Crippen LogP contribution in [0.4, 0.5) is 11.8 Å². The third-order valence-electron chi connectivity index (χ3n) is 3.63. The standard InChI is InChI=1S/C17H18N4/c1-11-7-3-4-8-13(11)12(2)19-16-14-9-5-6-10-15(14)20-17(18)21-16/h3-10,12H,1-2H3,(H3,18,19,20,21). The van der Waals surface area contributed by atoms with Gasteiger partial charge in [-0.3, -0.25) is 0 Å². The van der Waals surface area contributed by atoms with Crippen LogP contribution in [-0.4, -0.2) is 9.97 Å². The molecule has 3 N–H and O–H groups in total. The molecule has 0 amide bonds. The van der Waals surface area contributed by atoms with E-state index in [1.807, 2.05) is 36.4 Å². The second-order valence-electron chi connectivity index (χ2n) is 5.17. The van der Waals surface area contributed by atoms with E-state index in [9.17, 15) is 0 Å². The molecule has 1 heterocycles. The van der Waals surface area contributed by atoms with E-state index < -0.39 is 0 Å². The van der Waals surface area contributed by atoms with Gasteiger partial charge in [-0.25, -0.2) is 4.98 Å². The number of nitrogens with two attached hydrogens (primary N) is 1. The van der Waals surface area contributed by atoms with E-state index in [4.69, 9.17) is 5.73 Å². The molecule has 1 unspecified atom stereocenters. The first-order valence-electron chi connectivity index (χ1n) is 6.99. The predicted molar refractivity (Wildman–Crippen MR) is 87.2 cm³/mol. The third kappa shape index (κ3) is 2.65. The Bertz CT molecular complexity index is 783. The SMILES string of the molecule is Cc1ccccc1C(C)Nc1nc(N)nc2ccccc12. The average molecular weight is 278 g/mol. The van der Waals surface area contributed by atoms with Crippen molar-refractivity contribution in [2.75, 3.05) is 11.1 Å². The van der Waals surface area contributed by atoms with E-state index in [0.29, 0.717) is 0 Å². The molecular weight excluding hydrogens is 260 g/mol. The van der Waals surface area contributed by atoms with Crippen molar-refractivity contribution in [2.24, 2.45) is 0 Å². The maximum absolute atomic E-state index is 5.81. The topological polar surface area (TPSA) is 63.8 Å². The van der Waals surface area contributed by atoms with Gasteiger partial charge in [0.25, 0.3) is 0 Å². The second kappa shape index (κ2) is 5.40. The number of nitrogens with one attached hydrogen (secondary N) is 1. The number of fused-ring (bicyclic) bond motifs is 1. The first kappa shape index (κ1) is 13.4. The van der Waals surface area contributed by atoms with Gasteiger partial charge in [-0.1, -0.05) is 36.4 Å². The van der Waals surface area contributed by atoms with Crippen molar-refractivity contribution < 1.29 is 0 Å². The van der Waals surface area contributed by atoms with Gasteiger partial charge in [0.05, 0.1) is 11.6 Å². The summed E-state index contributed by atoms with van der Waals surface area (Å²) < 4.78 is 0. The predicted octanol–water partition coefficient (Wildman–Crippen LogP) is 3.69. The monoisotopic (exact) mass is 278 g/mol.